The van der Waals surface area contributed by atoms with E-state index in [1.54, 1.807) is 0 Å². The van der Waals surface area contributed by atoms with Gasteiger partial charge in [0, 0.05) is 12.1 Å². The zero-order chi connectivity index (χ0) is 11.3. The molecule has 0 bridgehead atoms. The lowest BCUT2D eigenvalue weighted by molar-refractivity contribution is 0.126. The number of rotatable bonds is 5. The molecular formula is C13H28N2. The summed E-state index contributed by atoms with van der Waals surface area (Å²) >= 11 is 0. The summed E-state index contributed by atoms with van der Waals surface area (Å²) in [6.07, 6.45) is 5.42. The Labute approximate surface area is 95.4 Å². The van der Waals surface area contributed by atoms with Crippen LogP contribution in [0.4, 0.5) is 0 Å². The Hall–Kier alpha value is -0.0800. The van der Waals surface area contributed by atoms with E-state index in [0.717, 1.165) is 12.0 Å². The van der Waals surface area contributed by atoms with Crippen LogP contribution in [0.3, 0.4) is 0 Å². The second-order valence-electron chi connectivity index (χ2n) is 5.35. The molecule has 0 aliphatic carbocycles. The van der Waals surface area contributed by atoms with E-state index in [1.807, 2.05) is 0 Å². The van der Waals surface area contributed by atoms with E-state index in [0.29, 0.717) is 6.04 Å². The average Bonchev–Trinajstić information content (AvgIpc) is 2.21. The molecule has 0 aromatic heterocycles. The molecule has 0 aromatic rings. The van der Waals surface area contributed by atoms with Gasteiger partial charge in [0.2, 0.25) is 0 Å². The van der Waals surface area contributed by atoms with Crippen LogP contribution in [0, 0.1) is 5.92 Å². The molecule has 1 N–H and O–H groups in total. The first-order valence-electron chi connectivity index (χ1n) is 6.54. The molecule has 0 saturated carbocycles. The summed E-state index contributed by atoms with van der Waals surface area (Å²) in [5.41, 5.74) is 0. The maximum atomic E-state index is 3.30. The second-order valence-corrected chi connectivity index (χ2v) is 5.35. The topological polar surface area (TPSA) is 15.3 Å². The van der Waals surface area contributed by atoms with E-state index in [9.17, 15) is 0 Å². The van der Waals surface area contributed by atoms with Crippen LogP contribution in [0.15, 0.2) is 0 Å². The third-order valence-electron chi connectivity index (χ3n) is 3.85. The van der Waals surface area contributed by atoms with Crippen molar-refractivity contribution in [2.45, 2.75) is 58.5 Å². The smallest absolute Gasteiger partial charge is 0.00694 e. The molecular weight excluding hydrogens is 184 g/mol. The largest absolute Gasteiger partial charge is 0.317 e. The van der Waals surface area contributed by atoms with Crippen molar-refractivity contribution in [3.63, 3.8) is 0 Å². The lowest BCUT2D eigenvalue weighted by Gasteiger charge is -2.36. The van der Waals surface area contributed by atoms with Crippen molar-refractivity contribution in [1.29, 1.82) is 0 Å². The van der Waals surface area contributed by atoms with E-state index in [1.165, 1.54) is 38.8 Å². The first-order valence-corrected chi connectivity index (χ1v) is 6.54. The van der Waals surface area contributed by atoms with Crippen molar-refractivity contribution in [3.05, 3.63) is 0 Å². The molecule has 3 atom stereocenters. The predicted octanol–water partition coefficient (Wildman–Crippen LogP) is 2.49. The van der Waals surface area contributed by atoms with Crippen LogP contribution in [-0.4, -0.2) is 37.1 Å². The van der Waals surface area contributed by atoms with E-state index in [-0.39, 0.29) is 0 Å². The number of hydrogen-bond donors (Lipinski definition) is 1. The summed E-state index contributed by atoms with van der Waals surface area (Å²) in [6.45, 7) is 9.64. The van der Waals surface area contributed by atoms with Crippen LogP contribution in [-0.2, 0) is 0 Å². The minimum atomic E-state index is 0.670. The fourth-order valence-corrected chi connectivity index (χ4v) is 2.53. The minimum Gasteiger partial charge on any atom is -0.317 e. The van der Waals surface area contributed by atoms with Crippen molar-refractivity contribution >= 4 is 0 Å². The van der Waals surface area contributed by atoms with E-state index in [2.05, 4.69) is 38.0 Å². The van der Waals surface area contributed by atoms with E-state index in [4.69, 9.17) is 0 Å². The van der Waals surface area contributed by atoms with Crippen molar-refractivity contribution in [1.82, 2.24) is 10.2 Å². The highest BCUT2D eigenvalue weighted by Crippen LogP contribution is 2.22. The van der Waals surface area contributed by atoms with Crippen molar-refractivity contribution in [2.75, 3.05) is 20.1 Å². The van der Waals surface area contributed by atoms with Crippen LogP contribution >= 0.6 is 0 Å². The summed E-state index contributed by atoms with van der Waals surface area (Å²) in [5, 5.41) is 3.30. The zero-order valence-corrected chi connectivity index (χ0v) is 10.9. The Bertz CT molecular complexity index is 170. The Morgan fingerprint density at radius 1 is 1.40 bits per heavy atom. The zero-order valence-electron chi connectivity index (χ0n) is 10.9. The van der Waals surface area contributed by atoms with Gasteiger partial charge < -0.3 is 10.2 Å². The van der Waals surface area contributed by atoms with Gasteiger partial charge in [-0.2, -0.15) is 0 Å². The Kier molecular flexibility index (Phi) is 5.62. The Morgan fingerprint density at radius 2 is 2.13 bits per heavy atom. The number of piperidine rings is 1. The quantitative estimate of drug-likeness (QED) is 0.753. The lowest BCUT2D eigenvalue weighted by Crippen LogP contribution is -2.41. The standard InChI is InChI=1S/C13H28N2/c1-11-7-9-15(13(3)10-11)8-5-6-12(2)14-4/h11-14H,5-10H2,1-4H3. The molecule has 0 radical (unpaired) electrons. The number of nitrogens with zero attached hydrogens (tertiary/aromatic N) is 1. The van der Waals surface area contributed by atoms with Gasteiger partial charge >= 0.3 is 0 Å². The fourth-order valence-electron chi connectivity index (χ4n) is 2.53. The molecule has 15 heavy (non-hydrogen) atoms. The maximum Gasteiger partial charge on any atom is 0.00694 e. The van der Waals surface area contributed by atoms with Gasteiger partial charge in [-0.15, -0.1) is 0 Å². The van der Waals surface area contributed by atoms with Crippen molar-refractivity contribution < 1.29 is 0 Å². The van der Waals surface area contributed by atoms with E-state index < -0.39 is 0 Å². The van der Waals surface area contributed by atoms with Crippen LogP contribution in [0.1, 0.15) is 46.5 Å². The van der Waals surface area contributed by atoms with Gasteiger partial charge in [-0.1, -0.05) is 6.92 Å². The molecule has 0 aromatic carbocycles. The summed E-state index contributed by atoms with van der Waals surface area (Å²) in [5.74, 6) is 0.937. The predicted molar refractivity (Wildman–Crippen MR) is 67.2 cm³/mol. The second kappa shape index (κ2) is 6.49. The SMILES string of the molecule is CNC(C)CCCN1CCC(C)CC1C. The van der Waals surface area contributed by atoms with Gasteiger partial charge in [-0.3, -0.25) is 0 Å². The molecule has 1 aliphatic rings. The third kappa shape index (κ3) is 4.52. The molecule has 1 aliphatic heterocycles. The van der Waals surface area contributed by atoms with Gasteiger partial charge in [0.1, 0.15) is 0 Å². The molecule has 0 amide bonds. The number of hydrogen-bond acceptors (Lipinski definition) is 2. The fraction of sp³-hybridized carbons (Fsp3) is 1.00. The molecule has 90 valence electrons. The molecule has 1 fully saturated rings. The Balaban J connectivity index is 2.15. The van der Waals surface area contributed by atoms with Crippen LogP contribution in [0.5, 0.6) is 0 Å². The monoisotopic (exact) mass is 212 g/mol. The van der Waals surface area contributed by atoms with Crippen molar-refractivity contribution in [3.8, 4) is 0 Å². The highest BCUT2D eigenvalue weighted by molar-refractivity contribution is 4.77. The third-order valence-corrected chi connectivity index (χ3v) is 3.85. The van der Waals surface area contributed by atoms with Gasteiger partial charge in [0.15, 0.2) is 0 Å². The Morgan fingerprint density at radius 3 is 2.73 bits per heavy atom. The van der Waals surface area contributed by atoms with Gasteiger partial charge in [-0.25, -0.2) is 0 Å². The molecule has 1 saturated heterocycles. The first-order chi connectivity index (χ1) is 7.13. The summed E-state index contributed by atoms with van der Waals surface area (Å²) in [4.78, 5) is 2.67. The molecule has 2 nitrogen and oxygen atoms in total. The minimum absolute atomic E-state index is 0.670. The van der Waals surface area contributed by atoms with E-state index >= 15 is 0 Å². The lowest BCUT2D eigenvalue weighted by atomic mass is 9.93. The van der Waals surface area contributed by atoms with Gasteiger partial charge in [0.25, 0.3) is 0 Å². The van der Waals surface area contributed by atoms with Crippen molar-refractivity contribution in [2.24, 2.45) is 5.92 Å². The highest BCUT2D eigenvalue weighted by Gasteiger charge is 2.21. The molecule has 1 heterocycles. The normalized spacial score (nSPS) is 30.4. The maximum absolute atomic E-state index is 3.30. The van der Waals surface area contributed by atoms with Gasteiger partial charge in [0.05, 0.1) is 0 Å². The summed E-state index contributed by atoms with van der Waals surface area (Å²) < 4.78 is 0. The summed E-state index contributed by atoms with van der Waals surface area (Å²) in [6, 6.07) is 1.47. The number of nitrogens with one attached hydrogen (secondary N) is 1. The van der Waals surface area contributed by atoms with Crippen LogP contribution in [0.2, 0.25) is 0 Å². The molecule has 0 spiro atoms. The molecule has 3 unspecified atom stereocenters. The average molecular weight is 212 g/mol. The first kappa shape index (κ1) is 13.0. The number of likely N-dealkylation sites (tertiary alicyclic amines) is 1. The molecule has 1 rings (SSSR count). The molecule has 2 heteroatoms. The van der Waals surface area contributed by atoms with Gasteiger partial charge in [-0.05, 0) is 65.6 Å². The highest BCUT2D eigenvalue weighted by atomic mass is 15.2. The summed E-state index contributed by atoms with van der Waals surface area (Å²) in [7, 11) is 2.05. The van der Waals surface area contributed by atoms with Crippen LogP contribution < -0.4 is 5.32 Å². The van der Waals surface area contributed by atoms with Crippen LogP contribution in [0.25, 0.3) is 0 Å².